The van der Waals surface area contributed by atoms with Crippen molar-refractivity contribution in [2.75, 3.05) is 29.1 Å². The molecule has 0 saturated heterocycles. The van der Waals surface area contributed by atoms with Gasteiger partial charge in [0.25, 0.3) is 0 Å². The number of rotatable bonds is 5. The van der Waals surface area contributed by atoms with Crippen LogP contribution in [0.25, 0.3) is 0 Å². The Morgan fingerprint density at radius 3 is 2.92 bits per heavy atom. The Bertz CT molecular complexity index is 826. The average molecular weight is 340 g/mol. The number of anilines is 3. The first-order chi connectivity index (χ1) is 12.1. The van der Waals surface area contributed by atoms with Gasteiger partial charge in [-0.25, -0.2) is 4.68 Å². The van der Waals surface area contributed by atoms with Crippen LogP contribution in [0.15, 0.2) is 24.4 Å². The summed E-state index contributed by atoms with van der Waals surface area (Å²) in [4.78, 5) is 26.1. The lowest BCUT2D eigenvalue weighted by Crippen LogP contribution is -2.19. The Balaban J connectivity index is 1.34. The van der Waals surface area contributed by atoms with Crippen molar-refractivity contribution in [1.82, 2.24) is 15.0 Å². The molecule has 0 unspecified atom stereocenters. The molecule has 2 amide bonds. The summed E-state index contributed by atoms with van der Waals surface area (Å²) < 4.78 is 1.42. The highest BCUT2D eigenvalue weighted by atomic mass is 16.2. The molecule has 1 aliphatic carbocycles. The normalized spacial score (nSPS) is 15.8. The summed E-state index contributed by atoms with van der Waals surface area (Å²) in [6.07, 6.45) is 4.41. The maximum absolute atomic E-state index is 12.2. The number of hydrogen-bond acceptors (Lipinski definition) is 5. The van der Waals surface area contributed by atoms with Crippen LogP contribution < -0.4 is 15.5 Å². The van der Waals surface area contributed by atoms with E-state index in [0.29, 0.717) is 5.82 Å². The van der Waals surface area contributed by atoms with E-state index in [1.165, 1.54) is 15.9 Å². The van der Waals surface area contributed by atoms with Crippen molar-refractivity contribution in [1.29, 1.82) is 0 Å². The molecule has 1 aliphatic heterocycles. The molecule has 0 atom stereocenters. The van der Waals surface area contributed by atoms with Crippen molar-refractivity contribution in [2.24, 2.45) is 5.92 Å². The lowest BCUT2D eigenvalue weighted by Gasteiger charge is -2.12. The van der Waals surface area contributed by atoms with E-state index in [4.69, 9.17) is 0 Å². The highest BCUT2D eigenvalue weighted by Gasteiger charge is 2.30. The molecule has 0 spiro atoms. The minimum atomic E-state index is -0.184. The van der Waals surface area contributed by atoms with Crippen molar-refractivity contribution < 1.29 is 9.59 Å². The van der Waals surface area contributed by atoms with E-state index in [1.54, 1.807) is 6.20 Å². The molecule has 130 valence electrons. The summed E-state index contributed by atoms with van der Waals surface area (Å²) in [5, 5.41) is 13.3. The average Bonchev–Trinajstić information content (AvgIpc) is 3.26. The fraction of sp³-hybridized carbons (Fsp3) is 0.412. The standard InChI is InChI=1S/C17H20N6O2/c1-22-7-6-12-8-13(4-5-14(12)22)18-16(24)10-23-9-15(20-21-23)19-17(25)11-2-3-11/h4-5,8-9,11H,2-3,6-7,10H2,1H3,(H,18,24)(H,19,25). The van der Waals surface area contributed by atoms with Crippen molar-refractivity contribution >= 4 is 29.0 Å². The number of likely N-dealkylation sites (N-methyl/N-ethyl adjacent to an activating group) is 1. The summed E-state index contributed by atoms with van der Waals surface area (Å²) in [5.74, 6) is 0.272. The molecule has 1 fully saturated rings. The van der Waals surface area contributed by atoms with Gasteiger partial charge in [0.2, 0.25) is 11.8 Å². The number of nitrogens with one attached hydrogen (secondary N) is 2. The van der Waals surface area contributed by atoms with Gasteiger partial charge in [-0.05, 0) is 43.0 Å². The second-order valence-electron chi connectivity index (χ2n) is 6.63. The zero-order chi connectivity index (χ0) is 17.4. The number of benzene rings is 1. The second kappa shape index (κ2) is 6.19. The summed E-state index contributed by atoms with van der Waals surface area (Å²) in [7, 11) is 2.06. The molecule has 1 saturated carbocycles. The monoisotopic (exact) mass is 340 g/mol. The van der Waals surface area contributed by atoms with Crippen molar-refractivity contribution in [2.45, 2.75) is 25.8 Å². The summed E-state index contributed by atoms with van der Waals surface area (Å²) in [5.41, 5.74) is 3.23. The number of carbonyl (C=O) groups is 2. The van der Waals surface area contributed by atoms with Crippen LogP contribution in [0.5, 0.6) is 0 Å². The predicted octanol–water partition coefficient (Wildman–Crippen LogP) is 1.26. The van der Waals surface area contributed by atoms with E-state index in [-0.39, 0.29) is 24.3 Å². The number of carbonyl (C=O) groups excluding carboxylic acids is 2. The van der Waals surface area contributed by atoms with E-state index in [9.17, 15) is 9.59 Å². The number of nitrogens with zero attached hydrogens (tertiary/aromatic N) is 4. The third-order valence-corrected chi connectivity index (χ3v) is 4.53. The van der Waals surface area contributed by atoms with Gasteiger partial charge in [-0.2, -0.15) is 0 Å². The first kappa shape index (κ1) is 15.6. The number of amides is 2. The summed E-state index contributed by atoms with van der Waals surface area (Å²) >= 11 is 0. The maximum Gasteiger partial charge on any atom is 0.246 e. The molecule has 8 heteroatoms. The zero-order valence-corrected chi connectivity index (χ0v) is 14.0. The van der Waals surface area contributed by atoms with Gasteiger partial charge in [0.1, 0.15) is 6.54 Å². The lowest BCUT2D eigenvalue weighted by molar-refractivity contribution is -0.117. The molecule has 1 aromatic carbocycles. The Hall–Kier alpha value is -2.90. The van der Waals surface area contributed by atoms with E-state index in [0.717, 1.165) is 31.5 Å². The number of hydrogen-bond donors (Lipinski definition) is 2. The van der Waals surface area contributed by atoms with Crippen molar-refractivity contribution in [3.63, 3.8) is 0 Å². The molecule has 2 aromatic rings. The molecule has 25 heavy (non-hydrogen) atoms. The number of aromatic nitrogens is 3. The van der Waals surface area contributed by atoms with Crippen LogP contribution in [0, 0.1) is 5.92 Å². The topological polar surface area (TPSA) is 92.2 Å². The minimum absolute atomic E-state index is 0.0281. The van der Waals surface area contributed by atoms with E-state index in [2.05, 4.69) is 32.9 Å². The van der Waals surface area contributed by atoms with Gasteiger partial charge < -0.3 is 15.5 Å². The molecular formula is C17H20N6O2. The summed E-state index contributed by atoms with van der Waals surface area (Å²) in [6, 6.07) is 5.94. The van der Waals surface area contributed by atoms with Crippen LogP contribution in [-0.4, -0.2) is 40.4 Å². The molecule has 2 N–H and O–H groups in total. The van der Waals surface area contributed by atoms with Crippen LogP contribution in [0.4, 0.5) is 17.2 Å². The quantitative estimate of drug-likeness (QED) is 0.855. The third-order valence-electron chi connectivity index (χ3n) is 4.53. The lowest BCUT2D eigenvalue weighted by atomic mass is 10.1. The fourth-order valence-electron chi connectivity index (χ4n) is 3.00. The summed E-state index contributed by atoms with van der Waals surface area (Å²) in [6.45, 7) is 1.05. The molecule has 0 bridgehead atoms. The third kappa shape index (κ3) is 3.47. The van der Waals surface area contributed by atoms with Crippen molar-refractivity contribution in [3.8, 4) is 0 Å². The smallest absolute Gasteiger partial charge is 0.246 e. The van der Waals surface area contributed by atoms with Crippen LogP contribution >= 0.6 is 0 Å². The van der Waals surface area contributed by atoms with Crippen LogP contribution in [-0.2, 0) is 22.6 Å². The highest BCUT2D eigenvalue weighted by Crippen LogP contribution is 2.30. The molecule has 2 aliphatic rings. The van der Waals surface area contributed by atoms with Gasteiger partial charge in [0.15, 0.2) is 5.82 Å². The minimum Gasteiger partial charge on any atom is -0.374 e. The molecular weight excluding hydrogens is 320 g/mol. The SMILES string of the molecule is CN1CCc2cc(NC(=O)Cn3cc(NC(=O)C4CC4)nn3)ccc21. The van der Waals surface area contributed by atoms with Crippen molar-refractivity contribution in [3.05, 3.63) is 30.0 Å². The van der Waals surface area contributed by atoms with Gasteiger partial charge in [-0.3, -0.25) is 9.59 Å². The zero-order valence-electron chi connectivity index (χ0n) is 14.0. The van der Waals surface area contributed by atoms with Gasteiger partial charge in [-0.1, -0.05) is 5.21 Å². The maximum atomic E-state index is 12.2. The molecule has 0 radical (unpaired) electrons. The van der Waals surface area contributed by atoms with E-state index in [1.807, 2.05) is 18.2 Å². The van der Waals surface area contributed by atoms with Gasteiger partial charge in [0.05, 0.1) is 6.20 Å². The number of fused-ring (bicyclic) bond motifs is 1. The Kier molecular flexibility index (Phi) is 3.87. The van der Waals surface area contributed by atoms with Crippen LogP contribution in [0.3, 0.4) is 0 Å². The molecule has 4 rings (SSSR count). The largest absolute Gasteiger partial charge is 0.374 e. The fourth-order valence-corrected chi connectivity index (χ4v) is 3.00. The first-order valence-corrected chi connectivity index (χ1v) is 8.43. The molecule has 1 aromatic heterocycles. The molecule has 2 heterocycles. The predicted molar refractivity (Wildman–Crippen MR) is 93.4 cm³/mol. The highest BCUT2D eigenvalue weighted by molar-refractivity contribution is 5.93. The van der Waals surface area contributed by atoms with Crippen LogP contribution in [0.1, 0.15) is 18.4 Å². The van der Waals surface area contributed by atoms with Crippen LogP contribution in [0.2, 0.25) is 0 Å². The Labute approximate surface area is 145 Å². The Morgan fingerprint density at radius 1 is 1.28 bits per heavy atom. The first-order valence-electron chi connectivity index (χ1n) is 8.43. The Morgan fingerprint density at radius 2 is 2.12 bits per heavy atom. The van der Waals surface area contributed by atoms with Gasteiger partial charge in [-0.15, -0.1) is 5.10 Å². The second-order valence-corrected chi connectivity index (χ2v) is 6.63. The molecule has 8 nitrogen and oxygen atoms in total. The van der Waals surface area contributed by atoms with Gasteiger partial charge >= 0.3 is 0 Å². The van der Waals surface area contributed by atoms with E-state index < -0.39 is 0 Å². The van der Waals surface area contributed by atoms with Gasteiger partial charge in [0, 0.05) is 30.9 Å². The van der Waals surface area contributed by atoms with E-state index >= 15 is 0 Å².